The Morgan fingerprint density at radius 1 is 1.10 bits per heavy atom. The fourth-order valence-electron chi connectivity index (χ4n) is 4.50. The summed E-state index contributed by atoms with van der Waals surface area (Å²) in [6, 6.07) is 15.9. The fourth-order valence-corrected chi connectivity index (χ4v) is 6.57. The molecule has 2 aliphatic rings. The molecular weight excluding hydrogens is 416 g/mol. The smallest absolute Gasteiger partial charge is 0.307 e. The Kier molecular flexibility index (Phi) is 5.08. The van der Waals surface area contributed by atoms with E-state index >= 15 is 0 Å². The third-order valence-electron chi connectivity index (χ3n) is 5.89. The molecule has 1 heterocycles. The third kappa shape index (κ3) is 3.63. The number of nitrogens with zero attached hydrogens (tertiary/aromatic N) is 1. The van der Waals surface area contributed by atoms with Crippen LogP contribution in [0, 0.1) is 23.7 Å². The zero-order valence-electron chi connectivity index (χ0n) is 16.0. The molecule has 0 spiro atoms. The number of hydrogen-bond acceptors (Lipinski definition) is 5. The number of nitrogens with one attached hydrogen (secondary N) is 1. The average molecular weight is 437 g/mol. The molecule has 5 nitrogen and oxygen atoms in total. The number of rotatable bonds is 6. The molecule has 0 aliphatic heterocycles. The number of aliphatic carboxylic acids is 1. The van der Waals surface area contributed by atoms with E-state index in [1.165, 1.54) is 5.56 Å². The fraction of sp³-hybridized carbons (Fsp3) is 0.261. The van der Waals surface area contributed by atoms with Crippen LogP contribution >= 0.6 is 23.1 Å². The van der Waals surface area contributed by atoms with E-state index in [-0.39, 0.29) is 17.7 Å². The van der Waals surface area contributed by atoms with Gasteiger partial charge in [-0.1, -0.05) is 54.2 Å². The summed E-state index contributed by atoms with van der Waals surface area (Å²) < 4.78 is 1.99. The molecule has 152 valence electrons. The molecule has 2 aliphatic carbocycles. The van der Waals surface area contributed by atoms with E-state index in [0.717, 1.165) is 26.7 Å². The Hall–Kier alpha value is -2.64. The zero-order chi connectivity index (χ0) is 20.7. The van der Waals surface area contributed by atoms with Crippen molar-refractivity contribution >= 4 is 50.9 Å². The van der Waals surface area contributed by atoms with Crippen molar-refractivity contribution in [1.29, 1.82) is 0 Å². The first-order chi connectivity index (χ1) is 14.6. The van der Waals surface area contributed by atoms with Crippen LogP contribution in [0.5, 0.6) is 0 Å². The summed E-state index contributed by atoms with van der Waals surface area (Å²) in [4.78, 5) is 29.2. The first-order valence-corrected chi connectivity index (χ1v) is 11.7. The molecule has 1 aromatic heterocycles. The number of carboxylic acids is 1. The molecule has 0 unspecified atom stereocenters. The SMILES string of the molecule is O=C(Nc1ccc2nc(SCc3ccccc3)sc2c1)[C@@H]1[C@H](C(=O)O)[C@H]2C=C[C@H]1C2. The number of carbonyl (C=O) groups is 2. The van der Waals surface area contributed by atoms with Gasteiger partial charge in [-0.15, -0.1) is 11.3 Å². The third-order valence-corrected chi connectivity index (χ3v) is 8.12. The summed E-state index contributed by atoms with van der Waals surface area (Å²) >= 11 is 3.30. The lowest BCUT2D eigenvalue weighted by Gasteiger charge is -2.23. The van der Waals surface area contributed by atoms with Gasteiger partial charge in [-0.25, -0.2) is 4.98 Å². The minimum absolute atomic E-state index is 0.0178. The molecule has 1 fully saturated rings. The van der Waals surface area contributed by atoms with Gasteiger partial charge in [-0.05, 0) is 42.0 Å². The number of allylic oxidation sites excluding steroid dienone is 2. The number of thiazole rings is 1. The maximum atomic E-state index is 12.9. The highest BCUT2D eigenvalue weighted by Gasteiger charge is 2.51. The maximum absolute atomic E-state index is 12.9. The first-order valence-electron chi connectivity index (χ1n) is 9.88. The Labute approximate surface area is 182 Å². The first kappa shape index (κ1) is 19.3. The summed E-state index contributed by atoms with van der Waals surface area (Å²) in [7, 11) is 0. The van der Waals surface area contributed by atoms with E-state index in [2.05, 4.69) is 22.4 Å². The lowest BCUT2D eigenvalue weighted by molar-refractivity contribution is -0.146. The van der Waals surface area contributed by atoms with E-state index < -0.39 is 17.8 Å². The maximum Gasteiger partial charge on any atom is 0.307 e. The molecule has 2 N–H and O–H groups in total. The predicted molar refractivity (Wildman–Crippen MR) is 120 cm³/mol. The molecule has 4 atom stereocenters. The highest BCUT2D eigenvalue weighted by molar-refractivity contribution is 8.00. The summed E-state index contributed by atoms with van der Waals surface area (Å²) in [6.45, 7) is 0. The number of carbonyl (C=O) groups excluding carboxylic acids is 1. The Morgan fingerprint density at radius 3 is 2.63 bits per heavy atom. The van der Waals surface area contributed by atoms with Crippen molar-refractivity contribution in [1.82, 2.24) is 4.98 Å². The Balaban J connectivity index is 1.30. The number of fused-ring (bicyclic) bond motifs is 3. The van der Waals surface area contributed by atoms with Crippen LogP contribution in [0.4, 0.5) is 5.69 Å². The van der Waals surface area contributed by atoms with Crippen LogP contribution in [0.15, 0.2) is 65.0 Å². The molecule has 1 saturated carbocycles. The minimum atomic E-state index is -0.884. The van der Waals surface area contributed by atoms with Crippen LogP contribution in [-0.4, -0.2) is 22.0 Å². The van der Waals surface area contributed by atoms with Crippen molar-refractivity contribution in [3.63, 3.8) is 0 Å². The molecule has 1 amide bonds. The molecular formula is C23H20N2O3S2. The van der Waals surface area contributed by atoms with Crippen LogP contribution < -0.4 is 5.32 Å². The highest BCUT2D eigenvalue weighted by Crippen LogP contribution is 2.48. The summed E-state index contributed by atoms with van der Waals surface area (Å²) in [6.07, 6.45) is 4.70. The van der Waals surface area contributed by atoms with Crippen LogP contribution in [-0.2, 0) is 15.3 Å². The normalized spacial score (nSPS) is 24.4. The average Bonchev–Trinajstić information content (AvgIpc) is 3.46. The van der Waals surface area contributed by atoms with Gasteiger partial charge in [0.2, 0.25) is 5.91 Å². The van der Waals surface area contributed by atoms with Gasteiger partial charge < -0.3 is 10.4 Å². The predicted octanol–water partition coefficient (Wildman–Crippen LogP) is 5.05. The molecule has 7 heteroatoms. The van der Waals surface area contributed by atoms with Gasteiger partial charge in [-0.3, -0.25) is 9.59 Å². The van der Waals surface area contributed by atoms with Crippen molar-refractivity contribution in [2.75, 3.05) is 5.32 Å². The molecule has 2 aromatic carbocycles. The topological polar surface area (TPSA) is 79.3 Å². The standard InChI is InChI=1S/C23H20N2O3S2/c26-21(19-14-6-7-15(10-14)20(19)22(27)28)24-16-8-9-17-18(11-16)30-23(25-17)29-12-13-4-2-1-3-5-13/h1-9,11,14-15,19-20H,10,12H2,(H,24,26)(H,27,28)/t14-,15-,19-,20+/m0/s1. The van der Waals surface area contributed by atoms with Crippen LogP contribution in [0.1, 0.15) is 12.0 Å². The minimum Gasteiger partial charge on any atom is -0.481 e. The van der Waals surface area contributed by atoms with Crippen LogP contribution in [0.3, 0.4) is 0 Å². The second kappa shape index (κ2) is 7.89. The summed E-state index contributed by atoms with van der Waals surface area (Å²) in [5.41, 5.74) is 2.84. The molecule has 0 saturated heterocycles. The Morgan fingerprint density at radius 2 is 1.87 bits per heavy atom. The summed E-state index contributed by atoms with van der Waals surface area (Å²) in [5.74, 6) is -1.38. The van der Waals surface area contributed by atoms with Crippen LogP contribution in [0.2, 0.25) is 0 Å². The number of benzene rings is 2. The van der Waals surface area contributed by atoms with Gasteiger partial charge in [0.15, 0.2) is 4.34 Å². The molecule has 0 radical (unpaired) electrons. The highest BCUT2D eigenvalue weighted by atomic mass is 32.2. The number of carboxylic acid groups (broad SMARTS) is 1. The number of thioether (sulfide) groups is 1. The van der Waals surface area contributed by atoms with E-state index in [9.17, 15) is 14.7 Å². The largest absolute Gasteiger partial charge is 0.481 e. The van der Waals surface area contributed by atoms with E-state index in [1.54, 1.807) is 23.1 Å². The number of hydrogen-bond donors (Lipinski definition) is 2. The van der Waals surface area contributed by atoms with Crippen molar-refractivity contribution in [2.45, 2.75) is 16.5 Å². The van der Waals surface area contributed by atoms with Crippen molar-refractivity contribution in [3.8, 4) is 0 Å². The number of amides is 1. The number of anilines is 1. The van der Waals surface area contributed by atoms with Gasteiger partial charge in [0.05, 0.1) is 22.1 Å². The van der Waals surface area contributed by atoms with Crippen molar-refractivity contribution in [3.05, 3.63) is 66.2 Å². The van der Waals surface area contributed by atoms with Crippen LogP contribution in [0.25, 0.3) is 10.2 Å². The van der Waals surface area contributed by atoms with Crippen molar-refractivity contribution in [2.24, 2.45) is 23.7 Å². The molecule has 3 aromatic rings. The van der Waals surface area contributed by atoms with Gasteiger partial charge in [-0.2, -0.15) is 0 Å². The van der Waals surface area contributed by atoms with Gasteiger partial charge in [0.25, 0.3) is 0 Å². The van der Waals surface area contributed by atoms with Gasteiger partial charge >= 0.3 is 5.97 Å². The Bertz CT molecular complexity index is 1140. The second-order valence-corrected chi connectivity index (χ2v) is 10.0. The van der Waals surface area contributed by atoms with Gasteiger partial charge in [0, 0.05) is 11.4 Å². The molecule has 5 rings (SSSR count). The lowest BCUT2D eigenvalue weighted by Crippen LogP contribution is -2.36. The van der Waals surface area contributed by atoms with E-state index in [0.29, 0.717) is 5.69 Å². The molecule has 30 heavy (non-hydrogen) atoms. The van der Waals surface area contributed by atoms with Gasteiger partial charge in [0.1, 0.15) is 0 Å². The quantitative estimate of drug-likeness (QED) is 0.418. The van der Waals surface area contributed by atoms with E-state index in [4.69, 9.17) is 0 Å². The monoisotopic (exact) mass is 436 g/mol. The van der Waals surface area contributed by atoms with Crippen molar-refractivity contribution < 1.29 is 14.7 Å². The number of aromatic nitrogens is 1. The molecule has 2 bridgehead atoms. The summed E-state index contributed by atoms with van der Waals surface area (Å²) in [5, 5.41) is 12.5. The van der Waals surface area contributed by atoms with E-state index in [1.807, 2.05) is 48.6 Å². The second-order valence-electron chi connectivity index (χ2n) is 7.76. The lowest BCUT2D eigenvalue weighted by atomic mass is 9.82. The zero-order valence-corrected chi connectivity index (χ0v) is 17.7.